The van der Waals surface area contributed by atoms with Crippen LogP contribution in [-0.4, -0.2) is 43.0 Å². The molecule has 18 heavy (non-hydrogen) atoms. The molecule has 1 aliphatic heterocycles. The fourth-order valence-electron chi connectivity index (χ4n) is 2.17. The third-order valence-electron chi connectivity index (χ3n) is 3.19. The number of hydrogen-bond acceptors (Lipinski definition) is 5. The maximum atomic E-state index is 11.9. The molecule has 7 nitrogen and oxygen atoms in total. The Balaban J connectivity index is 1.84. The first-order chi connectivity index (χ1) is 8.59. The lowest BCUT2D eigenvalue weighted by Gasteiger charge is -2.22. The molecule has 2 rings (SSSR count). The van der Waals surface area contributed by atoms with Gasteiger partial charge in [-0.1, -0.05) is 5.21 Å². The van der Waals surface area contributed by atoms with E-state index < -0.39 is 10.0 Å². The molecule has 2 heterocycles. The second-order valence-corrected chi connectivity index (χ2v) is 6.31. The smallest absolute Gasteiger partial charge is 0.259 e. The average Bonchev–Trinajstić information content (AvgIpc) is 2.77. The summed E-state index contributed by atoms with van der Waals surface area (Å²) in [7, 11) is -1.92. The Morgan fingerprint density at radius 3 is 3.06 bits per heavy atom. The number of piperidine rings is 1. The van der Waals surface area contributed by atoms with Gasteiger partial charge >= 0.3 is 0 Å². The molecule has 0 aliphatic carbocycles. The number of nitrogens with zero attached hydrogens (tertiary/aromatic N) is 3. The Morgan fingerprint density at radius 2 is 2.44 bits per heavy atom. The first kappa shape index (κ1) is 13.4. The Hall–Kier alpha value is -0.990. The predicted octanol–water partition coefficient (Wildman–Crippen LogP) is -0.517. The van der Waals surface area contributed by atoms with Crippen LogP contribution >= 0.6 is 0 Å². The van der Waals surface area contributed by atoms with Crippen LogP contribution in [0.5, 0.6) is 0 Å². The molecule has 1 saturated heterocycles. The van der Waals surface area contributed by atoms with Crippen LogP contribution in [0.1, 0.15) is 19.3 Å². The van der Waals surface area contributed by atoms with Crippen molar-refractivity contribution >= 4 is 10.0 Å². The lowest BCUT2D eigenvalue weighted by atomic mass is 9.96. The van der Waals surface area contributed by atoms with Gasteiger partial charge in [-0.15, -0.1) is 5.10 Å². The van der Waals surface area contributed by atoms with E-state index in [4.69, 9.17) is 0 Å². The molecule has 1 atom stereocenters. The second-order valence-electron chi connectivity index (χ2n) is 4.59. The maximum Gasteiger partial charge on any atom is 0.259 e. The van der Waals surface area contributed by atoms with Gasteiger partial charge in [0, 0.05) is 13.6 Å². The summed E-state index contributed by atoms with van der Waals surface area (Å²) in [5.74, 6) is 0.561. The van der Waals surface area contributed by atoms with Crippen molar-refractivity contribution in [3.8, 4) is 0 Å². The molecule has 1 aliphatic rings. The van der Waals surface area contributed by atoms with Crippen molar-refractivity contribution < 1.29 is 8.42 Å². The van der Waals surface area contributed by atoms with Gasteiger partial charge in [0.25, 0.3) is 10.0 Å². The minimum atomic E-state index is -3.48. The largest absolute Gasteiger partial charge is 0.316 e. The molecule has 0 saturated carbocycles. The Labute approximate surface area is 107 Å². The highest BCUT2D eigenvalue weighted by Crippen LogP contribution is 2.13. The summed E-state index contributed by atoms with van der Waals surface area (Å²) >= 11 is 0. The quantitative estimate of drug-likeness (QED) is 0.754. The SMILES string of the molecule is Cn1nncc1S(=O)(=O)NCCC1CCCNC1. The van der Waals surface area contributed by atoms with Gasteiger partial charge in [0.05, 0.1) is 6.20 Å². The molecular formula is C10H19N5O2S. The first-order valence-corrected chi connectivity index (χ1v) is 7.63. The van der Waals surface area contributed by atoms with Gasteiger partial charge in [0.2, 0.25) is 0 Å². The lowest BCUT2D eigenvalue weighted by molar-refractivity contribution is 0.358. The molecule has 0 bridgehead atoms. The van der Waals surface area contributed by atoms with Crippen LogP contribution in [0.3, 0.4) is 0 Å². The summed E-state index contributed by atoms with van der Waals surface area (Å²) in [4.78, 5) is 0. The highest BCUT2D eigenvalue weighted by atomic mass is 32.2. The molecular weight excluding hydrogens is 254 g/mol. The zero-order valence-corrected chi connectivity index (χ0v) is 11.3. The van der Waals surface area contributed by atoms with Gasteiger partial charge in [-0.25, -0.2) is 17.8 Å². The van der Waals surface area contributed by atoms with Crippen LogP contribution in [0.15, 0.2) is 11.2 Å². The topological polar surface area (TPSA) is 88.9 Å². The number of hydrogen-bond donors (Lipinski definition) is 2. The van der Waals surface area contributed by atoms with Crippen molar-refractivity contribution in [1.29, 1.82) is 0 Å². The van der Waals surface area contributed by atoms with E-state index in [-0.39, 0.29) is 5.03 Å². The van der Waals surface area contributed by atoms with Crippen molar-refractivity contribution in [3.63, 3.8) is 0 Å². The Morgan fingerprint density at radius 1 is 1.61 bits per heavy atom. The fraction of sp³-hybridized carbons (Fsp3) is 0.800. The van der Waals surface area contributed by atoms with E-state index in [0.717, 1.165) is 19.5 Å². The molecule has 0 radical (unpaired) electrons. The molecule has 0 spiro atoms. The molecule has 2 N–H and O–H groups in total. The molecule has 1 aromatic heterocycles. The van der Waals surface area contributed by atoms with Crippen molar-refractivity contribution in [2.45, 2.75) is 24.3 Å². The van der Waals surface area contributed by atoms with E-state index in [0.29, 0.717) is 12.5 Å². The minimum Gasteiger partial charge on any atom is -0.316 e. The van der Waals surface area contributed by atoms with Gasteiger partial charge in [-0.3, -0.25) is 0 Å². The van der Waals surface area contributed by atoms with Gasteiger partial charge in [-0.2, -0.15) is 0 Å². The highest BCUT2D eigenvalue weighted by Gasteiger charge is 2.19. The third kappa shape index (κ3) is 3.27. The molecule has 1 unspecified atom stereocenters. The van der Waals surface area contributed by atoms with Crippen LogP contribution in [0.25, 0.3) is 0 Å². The average molecular weight is 273 g/mol. The minimum absolute atomic E-state index is 0.101. The van der Waals surface area contributed by atoms with E-state index in [1.165, 1.54) is 23.7 Å². The van der Waals surface area contributed by atoms with Crippen molar-refractivity contribution in [3.05, 3.63) is 6.20 Å². The van der Waals surface area contributed by atoms with Gasteiger partial charge in [-0.05, 0) is 38.3 Å². The first-order valence-electron chi connectivity index (χ1n) is 6.14. The van der Waals surface area contributed by atoms with Gasteiger partial charge < -0.3 is 5.32 Å². The van der Waals surface area contributed by atoms with E-state index in [1.54, 1.807) is 7.05 Å². The van der Waals surface area contributed by atoms with Crippen molar-refractivity contribution in [2.24, 2.45) is 13.0 Å². The number of aromatic nitrogens is 3. The van der Waals surface area contributed by atoms with E-state index >= 15 is 0 Å². The zero-order valence-electron chi connectivity index (χ0n) is 10.5. The summed E-state index contributed by atoms with van der Waals surface area (Å²) in [5, 5.41) is 10.6. The third-order valence-corrected chi connectivity index (χ3v) is 4.70. The van der Waals surface area contributed by atoms with Crippen LogP contribution in [-0.2, 0) is 17.1 Å². The normalized spacial score (nSPS) is 21.1. The fourth-order valence-corrected chi connectivity index (χ4v) is 3.27. The van der Waals surface area contributed by atoms with Crippen LogP contribution < -0.4 is 10.0 Å². The van der Waals surface area contributed by atoms with Crippen LogP contribution in [0.2, 0.25) is 0 Å². The predicted molar refractivity (Wildman–Crippen MR) is 66.4 cm³/mol. The Kier molecular flexibility index (Phi) is 4.31. The molecule has 102 valence electrons. The summed E-state index contributed by atoms with van der Waals surface area (Å²) in [6, 6.07) is 0. The molecule has 1 fully saturated rings. The molecule has 0 aromatic carbocycles. The van der Waals surface area contributed by atoms with E-state index in [9.17, 15) is 8.42 Å². The summed E-state index contributed by atoms with van der Waals surface area (Å²) < 4.78 is 27.7. The highest BCUT2D eigenvalue weighted by molar-refractivity contribution is 7.89. The zero-order chi connectivity index (χ0) is 13.0. The number of nitrogens with one attached hydrogen (secondary N) is 2. The second kappa shape index (κ2) is 5.77. The summed E-state index contributed by atoms with van der Waals surface area (Å²) in [6.45, 7) is 2.51. The van der Waals surface area contributed by atoms with Crippen molar-refractivity contribution in [1.82, 2.24) is 25.0 Å². The number of sulfonamides is 1. The van der Waals surface area contributed by atoms with Crippen molar-refractivity contribution in [2.75, 3.05) is 19.6 Å². The Bertz CT molecular complexity index is 478. The summed E-state index contributed by atoms with van der Waals surface area (Å²) in [5.41, 5.74) is 0. The monoisotopic (exact) mass is 273 g/mol. The standard InChI is InChI=1S/C10H19N5O2S/c1-15-10(8-12-14-15)18(16,17)13-6-4-9-3-2-5-11-7-9/h8-9,11,13H,2-7H2,1H3. The van der Waals surface area contributed by atoms with Gasteiger partial charge in [0.15, 0.2) is 5.03 Å². The molecule has 1 aromatic rings. The van der Waals surface area contributed by atoms with Crippen LogP contribution in [0.4, 0.5) is 0 Å². The van der Waals surface area contributed by atoms with E-state index in [1.807, 2.05) is 0 Å². The van der Waals surface area contributed by atoms with E-state index in [2.05, 4.69) is 20.4 Å². The van der Waals surface area contributed by atoms with Gasteiger partial charge in [0.1, 0.15) is 0 Å². The molecule has 8 heteroatoms. The van der Waals surface area contributed by atoms with Crippen LogP contribution in [0, 0.1) is 5.92 Å². The summed E-state index contributed by atoms with van der Waals surface area (Å²) in [6.07, 6.45) is 4.45. The molecule has 0 amide bonds. The number of aryl methyl sites for hydroxylation is 1. The lowest BCUT2D eigenvalue weighted by Crippen LogP contribution is -2.33. The number of rotatable bonds is 5. The maximum absolute atomic E-state index is 11.9.